The molecule has 128 valence electrons. The number of hydrogen-bond acceptors (Lipinski definition) is 2. The predicted octanol–water partition coefficient (Wildman–Crippen LogP) is 4.82. The molecular weight excluding hydrogens is 322 g/mol. The summed E-state index contributed by atoms with van der Waals surface area (Å²) < 4.78 is 0. The molecule has 0 saturated carbocycles. The summed E-state index contributed by atoms with van der Waals surface area (Å²) in [4.78, 5) is 24.1. The molecule has 0 aromatic heterocycles. The van der Waals surface area contributed by atoms with E-state index in [0.717, 1.165) is 5.56 Å². The van der Waals surface area contributed by atoms with Crippen molar-refractivity contribution in [3.8, 4) is 0 Å². The van der Waals surface area contributed by atoms with Crippen LogP contribution in [0.4, 0.5) is 0 Å². The molecule has 0 aliphatic carbocycles. The van der Waals surface area contributed by atoms with Crippen LogP contribution < -0.4 is 5.32 Å². The maximum absolute atomic E-state index is 12.4. The van der Waals surface area contributed by atoms with E-state index in [1.807, 2.05) is 51.1 Å². The highest BCUT2D eigenvalue weighted by atomic mass is 35.5. The lowest BCUT2D eigenvalue weighted by molar-refractivity contribution is -0.118. The van der Waals surface area contributed by atoms with Crippen molar-refractivity contribution in [1.82, 2.24) is 5.32 Å². The fourth-order valence-corrected chi connectivity index (χ4v) is 2.45. The highest BCUT2D eigenvalue weighted by Crippen LogP contribution is 2.21. The van der Waals surface area contributed by atoms with Gasteiger partial charge in [0.1, 0.15) is 5.78 Å². The highest BCUT2D eigenvalue weighted by Gasteiger charge is 2.16. The van der Waals surface area contributed by atoms with Crippen LogP contribution in [0.1, 0.15) is 48.7 Å². The normalized spacial score (nSPS) is 9.67. The molecule has 0 heterocycles. The Kier molecular flexibility index (Phi) is 8.80. The summed E-state index contributed by atoms with van der Waals surface area (Å²) in [5, 5.41) is 3.22. The van der Waals surface area contributed by atoms with Crippen LogP contribution in [0.3, 0.4) is 0 Å². The van der Waals surface area contributed by atoms with E-state index in [1.165, 1.54) is 0 Å². The molecule has 2 rings (SSSR count). The molecule has 0 aliphatic heterocycles. The zero-order chi connectivity index (χ0) is 17.9. The van der Waals surface area contributed by atoms with Crippen LogP contribution in [0.25, 0.3) is 0 Å². The molecule has 0 bridgehead atoms. The summed E-state index contributed by atoms with van der Waals surface area (Å²) in [5.74, 6) is -0.173. The molecule has 0 unspecified atom stereocenters. The average molecular weight is 346 g/mol. The first-order valence-corrected chi connectivity index (χ1v) is 8.60. The lowest BCUT2D eigenvalue weighted by atomic mass is 10.0. The topological polar surface area (TPSA) is 46.2 Å². The minimum absolute atomic E-state index is 0.0828. The van der Waals surface area contributed by atoms with Crippen molar-refractivity contribution in [2.75, 3.05) is 0 Å². The van der Waals surface area contributed by atoms with Crippen LogP contribution >= 0.6 is 11.6 Å². The van der Waals surface area contributed by atoms with Gasteiger partial charge in [-0.3, -0.25) is 9.59 Å². The minimum Gasteiger partial charge on any atom is -0.348 e. The van der Waals surface area contributed by atoms with Gasteiger partial charge in [0.2, 0.25) is 0 Å². The third kappa shape index (κ3) is 5.82. The van der Waals surface area contributed by atoms with E-state index in [-0.39, 0.29) is 18.1 Å². The second-order valence-electron chi connectivity index (χ2n) is 5.01. The van der Waals surface area contributed by atoms with Crippen LogP contribution in [0.15, 0.2) is 48.5 Å². The van der Waals surface area contributed by atoms with E-state index >= 15 is 0 Å². The number of carbonyl (C=O) groups excluding carboxylic acids is 2. The van der Waals surface area contributed by atoms with Crippen molar-refractivity contribution in [3.63, 3.8) is 0 Å². The van der Waals surface area contributed by atoms with Gasteiger partial charge in [-0.15, -0.1) is 0 Å². The Morgan fingerprint density at radius 1 is 1.00 bits per heavy atom. The fourth-order valence-electron chi connectivity index (χ4n) is 2.17. The third-order valence-electron chi connectivity index (χ3n) is 3.40. The molecule has 0 atom stereocenters. The van der Waals surface area contributed by atoms with Crippen LogP contribution in [0.2, 0.25) is 5.02 Å². The molecule has 2 aromatic rings. The monoisotopic (exact) mass is 345 g/mol. The van der Waals surface area contributed by atoms with E-state index < -0.39 is 0 Å². The molecule has 0 aliphatic rings. The smallest absolute Gasteiger partial charge is 0.253 e. The number of hydrogen-bond donors (Lipinski definition) is 1. The molecule has 0 fully saturated rings. The van der Waals surface area contributed by atoms with Crippen molar-refractivity contribution in [2.24, 2.45) is 0 Å². The van der Waals surface area contributed by atoms with Crippen molar-refractivity contribution >= 4 is 23.3 Å². The molecule has 2 aromatic carbocycles. The SMILES string of the molecule is CC.CCC(=O)Cc1cccc(Cl)c1C(=O)NCc1ccccc1. The molecule has 0 spiro atoms. The summed E-state index contributed by atoms with van der Waals surface area (Å²) >= 11 is 6.16. The van der Waals surface area contributed by atoms with Gasteiger partial charge in [-0.05, 0) is 17.2 Å². The first-order valence-electron chi connectivity index (χ1n) is 8.23. The Labute approximate surface area is 149 Å². The quantitative estimate of drug-likeness (QED) is 0.816. The lowest BCUT2D eigenvalue weighted by Crippen LogP contribution is -2.25. The zero-order valence-corrected chi connectivity index (χ0v) is 15.2. The summed E-state index contributed by atoms with van der Waals surface area (Å²) in [6.45, 7) is 6.23. The van der Waals surface area contributed by atoms with E-state index in [4.69, 9.17) is 11.6 Å². The van der Waals surface area contributed by atoms with Gasteiger partial charge < -0.3 is 5.32 Å². The number of ketones is 1. The van der Waals surface area contributed by atoms with Gasteiger partial charge >= 0.3 is 0 Å². The molecule has 1 N–H and O–H groups in total. The molecular formula is C20H24ClNO2. The Morgan fingerprint density at radius 3 is 2.29 bits per heavy atom. The molecule has 0 saturated heterocycles. The fraction of sp³-hybridized carbons (Fsp3) is 0.300. The number of benzene rings is 2. The van der Waals surface area contributed by atoms with E-state index in [1.54, 1.807) is 18.2 Å². The van der Waals surface area contributed by atoms with Gasteiger partial charge in [0.15, 0.2) is 0 Å². The van der Waals surface area contributed by atoms with E-state index in [9.17, 15) is 9.59 Å². The van der Waals surface area contributed by atoms with Gasteiger partial charge in [-0.25, -0.2) is 0 Å². The standard InChI is InChI=1S/C18H18ClNO2.C2H6/c1-2-15(21)11-14-9-6-10-16(19)17(14)18(22)20-12-13-7-4-3-5-8-13;1-2/h3-10H,2,11-12H2,1H3,(H,20,22);1-2H3. The molecule has 3 nitrogen and oxygen atoms in total. The number of nitrogens with one attached hydrogen (secondary N) is 1. The maximum atomic E-state index is 12.4. The largest absolute Gasteiger partial charge is 0.348 e. The summed E-state index contributed by atoms with van der Waals surface area (Å²) in [5.41, 5.74) is 2.07. The molecule has 24 heavy (non-hydrogen) atoms. The predicted molar refractivity (Wildman–Crippen MR) is 99.4 cm³/mol. The Balaban J connectivity index is 0.00000139. The van der Waals surface area contributed by atoms with Crippen molar-refractivity contribution < 1.29 is 9.59 Å². The summed E-state index contributed by atoms with van der Waals surface area (Å²) in [6.07, 6.45) is 0.669. The van der Waals surface area contributed by atoms with Crippen LogP contribution in [-0.4, -0.2) is 11.7 Å². The maximum Gasteiger partial charge on any atom is 0.253 e. The number of Topliss-reactive ketones (excluding diaryl/α,β-unsaturated/α-hetero) is 1. The molecule has 1 amide bonds. The Hall–Kier alpha value is -2.13. The number of rotatable bonds is 6. The minimum atomic E-state index is -0.256. The second-order valence-corrected chi connectivity index (χ2v) is 5.42. The van der Waals surface area contributed by atoms with Gasteiger partial charge in [-0.2, -0.15) is 0 Å². The summed E-state index contributed by atoms with van der Waals surface area (Å²) in [7, 11) is 0. The van der Waals surface area contributed by atoms with Crippen LogP contribution in [0.5, 0.6) is 0 Å². The van der Waals surface area contributed by atoms with Gasteiger partial charge in [-0.1, -0.05) is 74.8 Å². The van der Waals surface area contributed by atoms with Crippen LogP contribution in [-0.2, 0) is 17.8 Å². The van der Waals surface area contributed by atoms with Crippen molar-refractivity contribution in [2.45, 2.75) is 40.2 Å². The van der Waals surface area contributed by atoms with Gasteiger partial charge in [0.25, 0.3) is 5.91 Å². The van der Waals surface area contributed by atoms with Crippen LogP contribution in [0, 0.1) is 0 Å². The summed E-state index contributed by atoms with van der Waals surface area (Å²) in [6, 6.07) is 14.8. The third-order valence-corrected chi connectivity index (χ3v) is 3.72. The highest BCUT2D eigenvalue weighted by molar-refractivity contribution is 6.34. The van der Waals surface area contributed by atoms with Gasteiger partial charge in [0.05, 0.1) is 10.6 Å². The number of carbonyl (C=O) groups is 2. The molecule has 4 heteroatoms. The Bertz CT molecular complexity index is 669. The first kappa shape index (κ1) is 19.9. The number of amides is 1. The Morgan fingerprint density at radius 2 is 1.67 bits per heavy atom. The van der Waals surface area contributed by atoms with E-state index in [2.05, 4.69) is 5.32 Å². The first-order chi connectivity index (χ1) is 11.6. The molecule has 0 radical (unpaired) electrons. The number of halogens is 1. The van der Waals surface area contributed by atoms with Crippen molar-refractivity contribution in [3.05, 3.63) is 70.2 Å². The zero-order valence-electron chi connectivity index (χ0n) is 14.4. The van der Waals surface area contributed by atoms with Gasteiger partial charge in [0, 0.05) is 19.4 Å². The van der Waals surface area contributed by atoms with Crippen molar-refractivity contribution in [1.29, 1.82) is 0 Å². The lowest BCUT2D eigenvalue weighted by Gasteiger charge is -2.11. The average Bonchev–Trinajstić information content (AvgIpc) is 2.62. The van der Waals surface area contributed by atoms with E-state index in [0.29, 0.717) is 29.1 Å². The second kappa shape index (κ2) is 10.6.